The molecule has 0 fully saturated rings. The second-order valence-corrected chi connectivity index (χ2v) is 16.8. The van der Waals surface area contributed by atoms with Crippen LogP contribution in [-0.4, -0.2) is 73.5 Å². The molecule has 3 aliphatic rings. The first-order chi connectivity index (χ1) is 30.3. The number of carbonyl (C=O) groups excluding carboxylic acids is 2. The Kier molecular flexibility index (Phi) is 17.8. The molecule has 4 aromatic rings. The molecule has 1 aliphatic heterocycles. The predicted molar refractivity (Wildman–Crippen MR) is 248 cm³/mol. The molecule has 2 aliphatic carbocycles. The van der Waals surface area contributed by atoms with E-state index < -0.39 is 21.4 Å². The zero-order valence-corrected chi connectivity index (χ0v) is 39.5. The number of anilines is 1. The number of aliphatic hydroxyl groups is 2. The molecular formula is C42H39Cl2CoN10O8S2-. The van der Waals surface area contributed by atoms with Gasteiger partial charge in [0.05, 0.1) is 25.3 Å². The Hall–Kier alpha value is -6.36. The number of fused-ring (bicyclic) bond motifs is 1. The number of halogens is 2. The van der Waals surface area contributed by atoms with Crippen LogP contribution in [0.5, 0.6) is 0 Å². The maximum Gasteiger partial charge on any atom is 0.319 e. The number of carbonyl (C=O) groups is 2. The summed E-state index contributed by atoms with van der Waals surface area (Å²) < 4.78 is 2.32. The van der Waals surface area contributed by atoms with Crippen molar-refractivity contribution in [3.05, 3.63) is 153 Å². The van der Waals surface area contributed by atoms with E-state index in [4.69, 9.17) is 23.2 Å². The summed E-state index contributed by atoms with van der Waals surface area (Å²) in [5, 5.41) is 53.7. The van der Waals surface area contributed by atoms with Crippen LogP contribution in [0.1, 0.15) is 44.4 Å². The molecule has 1 radical (unpaired) electrons. The van der Waals surface area contributed by atoms with Gasteiger partial charge in [0.25, 0.3) is 0 Å². The van der Waals surface area contributed by atoms with Gasteiger partial charge in [-0.05, 0) is 76.1 Å². The molecule has 2 N–H and O–H groups in total. The molecule has 0 atom stereocenters. The smallest absolute Gasteiger partial charge is 0.319 e. The zero-order valence-electron chi connectivity index (χ0n) is 35.3. The molecule has 2 aromatic carbocycles. The second kappa shape index (κ2) is 22.5. The van der Waals surface area contributed by atoms with E-state index in [9.17, 15) is 40.0 Å². The first-order valence-electron chi connectivity index (χ1n) is 19.0. The van der Waals surface area contributed by atoms with E-state index in [2.05, 4.69) is 136 Å². The molecule has 2 aromatic heterocycles. The van der Waals surface area contributed by atoms with Crippen LogP contribution in [0.4, 0.5) is 21.4 Å². The molecule has 23 heteroatoms. The Morgan fingerprint density at radius 2 is 1.29 bits per heavy atom. The summed E-state index contributed by atoms with van der Waals surface area (Å²) >= 11 is 12.6. The third kappa shape index (κ3) is 12.7. The van der Waals surface area contributed by atoms with E-state index in [0.717, 1.165) is 72.5 Å². The van der Waals surface area contributed by atoms with Crippen molar-refractivity contribution in [3.63, 3.8) is 0 Å². The summed E-state index contributed by atoms with van der Waals surface area (Å²) in [4.78, 5) is 51.7. The number of benzene rings is 2. The van der Waals surface area contributed by atoms with Crippen LogP contribution in [0, 0.1) is 27.2 Å². The average molecular weight is 1010 g/mol. The van der Waals surface area contributed by atoms with Gasteiger partial charge in [0.1, 0.15) is 30.0 Å². The first kappa shape index (κ1) is 51.3. The number of hydrogen-bond donors (Lipinski definition) is 2. The molecule has 0 saturated heterocycles. The fourth-order valence-corrected chi connectivity index (χ4v) is 7.72. The number of nitrogens with zero attached hydrogens (tertiary/aromatic N) is 10. The monoisotopic (exact) mass is 1000 g/mol. The number of aromatic nitrogens is 2. The van der Waals surface area contributed by atoms with Gasteiger partial charge in [-0.3, -0.25) is 40.0 Å². The Morgan fingerprint density at radius 1 is 0.800 bits per heavy atom. The molecule has 341 valence electrons. The van der Waals surface area contributed by atoms with E-state index in [1.54, 1.807) is 0 Å². The summed E-state index contributed by atoms with van der Waals surface area (Å²) in [6, 6.07) is 15.5. The van der Waals surface area contributed by atoms with Crippen LogP contribution in [0.15, 0.2) is 127 Å². The van der Waals surface area contributed by atoms with Crippen LogP contribution in [0.2, 0.25) is 0 Å². The van der Waals surface area contributed by atoms with Gasteiger partial charge in [0, 0.05) is 87.4 Å². The van der Waals surface area contributed by atoms with E-state index in [1.807, 2.05) is 0 Å². The minimum Gasteiger partial charge on any atom is -0.506 e. The largest absolute Gasteiger partial charge is 0.506 e. The van der Waals surface area contributed by atoms with Crippen molar-refractivity contribution in [3.8, 4) is 0 Å². The quantitative estimate of drug-likeness (QED) is 0.0716. The summed E-state index contributed by atoms with van der Waals surface area (Å²) in [5.74, 6) is -1.85. The van der Waals surface area contributed by atoms with Gasteiger partial charge in [-0.1, -0.05) is 70.1 Å². The Morgan fingerprint density at radius 3 is 1.72 bits per heavy atom. The number of rotatable bonds is 9. The molecular weight excluding hydrogens is 966 g/mol. The van der Waals surface area contributed by atoms with Crippen molar-refractivity contribution in [2.75, 3.05) is 25.0 Å². The maximum atomic E-state index is 11.1. The summed E-state index contributed by atoms with van der Waals surface area (Å²) in [5.41, 5.74) is 7.94. The van der Waals surface area contributed by atoms with Crippen LogP contribution in [0.25, 0.3) is 6.08 Å². The van der Waals surface area contributed by atoms with Gasteiger partial charge >= 0.3 is 10.0 Å². The number of allylic oxidation sites excluding steroid dienone is 7. The van der Waals surface area contributed by atoms with Gasteiger partial charge in [-0.25, -0.2) is 0 Å². The number of thiazole rings is 2. The Bertz CT molecular complexity index is 2810. The fraction of sp³-hybridized carbons (Fsp3) is 0.214. The van der Waals surface area contributed by atoms with Crippen molar-refractivity contribution >= 4 is 102 Å². The first-order valence-corrected chi connectivity index (χ1v) is 21.4. The maximum absolute atomic E-state index is 11.1. The van der Waals surface area contributed by atoms with Crippen molar-refractivity contribution in [1.29, 1.82) is 0 Å². The zero-order chi connectivity index (χ0) is 46.9. The normalized spacial score (nSPS) is 17.0. The summed E-state index contributed by atoms with van der Waals surface area (Å²) in [6.45, 7) is 13.3. The van der Waals surface area contributed by atoms with Crippen molar-refractivity contribution in [2.45, 2.75) is 40.0 Å². The number of aryl methyl sites for hydroxylation is 1. The molecule has 0 bridgehead atoms. The fourth-order valence-electron chi connectivity index (χ4n) is 6.30. The van der Waals surface area contributed by atoms with Gasteiger partial charge in [-0.2, -0.15) is 4.58 Å². The van der Waals surface area contributed by atoms with Crippen molar-refractivity contribution in [1.82, 2.24) is 9.97 Å². The third-order valence-electron chi connectivity index (χ3n) is 9.61. The minimum atomic E-state index is -0.600. The van der Waals surface area contributed by atoms with Gasteiger partial charge in [0.15, 0.2) is 5.71 Å². The summed E-state index contributed by atoms with van der Waals surface area (Å²) in [7, 11) is 2.17. The molecule has 65 heavy (non-hydrogen) atoms. The van der Waals surface area contributed by atoms with Crippen LogP contribution < -0.4 is 24.5 Å². The molecule has 0 saturated carbocycles. The molecule has 18 nitrogen and oxygen atoms in total. The van der Waals surface area contributed by atoms with Gasteiger partial charge < -0.3 is 35.3 Å². The van der Waals surface area contributed by atoms with Crippen LogP contribution in [0.3, 0.4) is 0 Å². The molecule has 7 rings (SSSR count). The van der Waals surface area contributed by atoms with Crippen LogP contribution in [-0.2, 0) is 31.8 Å². The predicted octanol–water partition coefficient (Wildman–Crippen LogP) is 7.59. The Balaban J connectivity index is 0.000000216. The summed E-state index contributed by atoms with van der Waals surface area (Å²) in [6.07, 6.45) is 10.7. The van der Waals surface area contributed by atoms with E-state index >= 15 is 0 Å². The third-order valence-corrected chi connectivity index (χ3v) is 11.9. The van der Waals surface area contributed by atoms with E-state index in [0.29, 0.717) is 0 Å². The Labute approximate surface area is 399 Å². The number of hydrogen-bond acceptors (Lipinski definition) is 15. The number of ketones is 2. The number of para-hydroxylation sites is 1. The molecule has 0 amide bonds. The number of aliphatic hydroxyl groups excluding tert-OH is 2. The van der Waals surface area contributed by atoms with Crippen LogP contribution >= 0.6 is 45.9 Å². The molecule has 0 spiro atoms. The average Bonchev–Trinajstić information content (AvgIpc) is 3.99. The minimum absolute atomic E-state index is 0. The number of nitro groups is 2. The van der Waals surface area contributed by atoms with Gasteiger partial charge in [0.2, 0.25) is 17.3 Å². The SMILES string of the molecule is CCN(CC)c1ccc(/C=C/C2=[N+](C)c3ccccc3C2(C)C)c(C)c1.O=C1C=C(O)C(=NN=c2[n-]cc([N+](=O)[O-])s2)C=C1Cl.O=C1C=C(O)C(=NN=c2[n-]cc([N+](=O)[O-])s2)C=C1Cl.[Co]. The molecule has 3 heterocycles. The molecule has 0 unspecified atom stereocenters. The van der Waals surface area contributed by atoms with Crippen molar-refractivity contribution < 1.29 is 51.0 Å². The van der Waals surface area contributed by atoms with E-state index in [1.165, 1.54) is 33.8 Å². The van der Waals surface area contributed by atoms with E-state index in [-0.39, 0.29) is 74.8 Å². The standard InChI is InChI=1S/C24H31N2.2C9H5ClN4O4S.Co/c1-7-26(8-2)20-15-13-19(18(3)17-20)14-16-23-24(4,5)21-11-9-10-12-22(21)25(23)6;2*10-4-1-5(7(16)2-6(4)15)12-13-9-11-3-8(19-9)14(17)18;/h9-17H,7-8H2,1-6H3;2*1-3H,(H2,11,13,15,16);/q+1;;;/p-2. The topological polar surface area (TPSA) is 245 Å². The van der Waals surface area contributed by atoms with Crippen molar-refractivity contribution in [2.24, 2.45) is 20.4 Å². The van der Waals surface area contributed by atoms with Gasteiger partial charge in [-0.15, -0.1) is 0 Å². The second-order valence-electron chi connectivity index (χ2n) is 14.1.